The number of nitrogens with two attached hydrogens (primary N) is 1. The van der Waals surface area contributed by atoms with Gasteiger partial charge >= 0.3 is 0 Å². The predicted octanol–water partition coefficient (Wildman–Crippen LogP) is 3.31. The van der Waals surface area contributed by atoms with Gasteiger partial charge in [-0.25, -0.2) is 9.97 Å². The summed E-state index contributed by atoms with van der Waals surface area (Å²) in [7, 11) is 0. The van der Waals surface area contributed by atoms with Crippen molar-refractivity contribution in [2.24, 2.45) is 5.41 Å². The molecule has 0 aliphatic carbocycles. The maximum Gasteiger partial charge on any atom is 0.160 e. The number of nitrogens with zero attached hydrogens (tertiary/aromatic N) is 2. The van der Waals surface area contributed by atoms with E-state index in [2.05, 4.69) is 44.6 Å². The SMILES string of the molecule is CCOC(c1nc(N)cc(C(C)C)n1)C(C)(C)C. The number of aromatic nitrogens is 2. The molecule has 102 valence electrons. The molecule has 4 nitrogen and oxygen atoms in total. The minimum Gasteiger partial charge on any atom is -0.384 e. The summed E-state index contributed by atoms with van der Waals surface area (Å²) in [6.07, 6.45) is -0.136. The third-order valence-electron chi connectivity index (χ3n) is 2.73. The van der Waals surface area contributed by atoms with Crippen molar-refractivity contribution in [2.75, 3.05) is 12.3 Å². The Morgan fingerprint density at radius 2 is 1.89 bits per heavy atom. The second kappa shape index (κ2) is 5.65. The van der Waals surface area contributed by atoms with E-state index in [-0.39, 0.29) is 11.5 Å². The lowest BCUT2D eigenvalue weighted by atomic mass is 9.88. The van der Waals surface area contributed by atoms with Gasteiger partial charge in [0.2, 0.25) is 0 Å². The fraction of sp³-hybridized carbons (Fsp3) is 0.714. The lowest BCUT2D eigenvalue weighted by Gasteiger charge is -2.29. The predicted molar refractivity (Wildman–Crippen MR) is 74.4 cm³/mol. The molecular weight excluding hydrogens is 226 g/mol. The summed E-state index contributed by atoms with van der Waals surface area (Å²) in [5.74, 6) is 1.53. The molecule has 0 amide bonds. The second-order valence-corrected chi connectivity index (χ2v) is 5.93. The highest BCUT2D eigenvalue weighted by Crippen LogP contribution is 2.35. The molecule has 0 aliphatic rings. The quantitative estimate of drug-likeness (QED) is 0.891. The van der Waals surface area contributed by atoms with Crippen molar-refractivity contribution in [3.8, 4) is 0 Å². The molecule has 1 aromatic rings. The Morgan fingerprint density at radius 1 is 1.28 bits per heavy atom. The van der Waals surface area contributed by atoms with Crippen LogP contribution >= 0.6 is 0 Å². The van der Waals surface area contributed by atoms with E-state index < -0.39 is 0 Å². The summed E-state index contributed by atoms with van der Waals surface area (Å²) in [6.45, 7) is 13.2. The van der Waals surface area contributed by atoms with Gasteiger partial charge in [-0.05, 0) is 18.3 Å². The zero-order valence-electron chi connectivity index (χ0n) is 12.3. The molecule has 0 aliphatic heterocycles. The molecule has 0 bridgehead atoms. The van der Waals surface area contributed by atoms with E-state index in [9.17, 15) is 0 Å². The molecule has 1 aromatic heterocycles. The van der Waals surface area contributed by atoms with Gasteiger partial charge in [0.1, 0.15) is 11.9 Å². The van der Waals surface area contributed by atoms with Crippen LogP contribution in [0.1, 0.15) is 65.1 Å². The minimum atomic E-state index is -0.136. The number of rotatable bonds is 4. The molecule has 0 aromatic carbocycles. The molecule has 4 heteroatoms. The van der Waals surface area contributed by atoms with Crippen LogP contribution < -0.4 is 5.73 Å². The van der Waals surface area contributed by atoms with Gasteiger partial charge in [0.25, 0.3) is 0 Å². The van der Waals surface area contributed by atoms with Crippen LogP contribution in [0, 0.1) is 5.41 Å². The van der Waals surface area contributed by atoms with Crippen molar-refractivity contribution in [3.63, 3.8) is 0 Å². The maximum absolute atomic E-state index is 5.87. The number of nitrogen functional groups attached to an aromatic ring is 1. The smallest absolute Gasteiger partial charge is 0.160 e. The zero-order chi connectivity index (χ0) is 13.9. The highest BCUT2D eigenvalue weighted by atomic mass is 16.5. The number of ether oxygens (including phenoxy) is 1. The van der Waals surface area contributed by atoms with Crippen LogP contribution in [-0.4, -0.2) is 16.6 Å². The Labute approximate surface area is 110 Å². The van der Waals surface area contributed by atoms with Gasteiger partial charge in [0.15, 0.2) is 5.82 Å². The summed E-state index contributed by atoms with van der Waals surface area (Å²) in [5, 5.41) is 0. The third kappa shape index (κ3) is 3.67. The zero-order valence-corrected chi connectivity index (χ0v) is 12.3. The lowest BCUT2D eigenvalue weighted by molar-refractivity contribution is -0.0191. The normalized spacial score (nSPS) is 13.9. The standard InChI is InChI=1S/C14H25N3O/c1-7-18-12(14(4,5)6)13-16-10(9(2)3)8-11(15)17-13/h8-9,12H,7H2,1-6H3,(H2,15,16,17). The molecule has 0 spiro atoms. The van der Waals surface area contributed by atoms with Crippen LogP contribution in [0.3, 0.4) is 0 Å². The lowest BCUT2D eigenvalue weighted by Crippen LogP contribution is -2.24. The van der Waals surface area contributed by atoms with Gasteiger partial charge in [-0.2, -0.15) is 0 Å². The van der Waals surface area contributed by atoms with Crippen LogP contribution in [0.5, 0.6) is 0 Å². The molecular formula is C14H25N3O. The summed E-state index contributed by atoms with van der Waals surface area (Å²) in [4.78, 5) is 8.95. The van der Waals surface area contributed by atoms with E-state index in [0.717, 1.165) is 5.69 Å². The first-order valence-electron chi connectivity index (χ1n) is 6.51. The van der Waals surface area contributed by atoms with Crippen LogP contribution in [0.2, 0.25) is 0 Å². The van der Waals surface area contributed by atoms with Crippen molar-refractivity contribution in [1.29, 1.82) is 0 Å². The van der Waals surface area contributed by atoms with E-state index >= 15 is 0 Å². The number of hydrogen-bond acceptors (Lipinski definition) is 4. The van der Waals surface area contributed by atoms with Crippen LogP contribution in [-0.2, 0) is 4.74 Å². The van der Waals surface area contributed by atoms with E-state index in [4.69, 9.17) is 10.5 Å². The molecule has 2 N–H and O–H groups in total. The van der Waals surface area contributed by atoms with Crippen molar-refractivity contribution < 1.29 is 4.74 Å². The summed E-state index contributed by atoms with van der Waals surface area (Å²) in [6, 6.07) is 1.83. The van der Waals surface area contributed by atoms with Gasteiger partial charge in [-0.1, -0.05) is 34.6 Å². The maximum atomic E-state index is 5.87. The summed E-state index contributed by atoms with van der Waals surface area (Å²) in [5.41, 5.74) is 6.77. The molecule has 1 unspecified atom stereocenters. The Balaban J connectivity index is 3.20. The molecule has 0 saturated heterocycles. The fourth-order valence-corrected chi connectivity index (χ4v) is 1.80. The Morgan fingerprint density at radius 3 is 2.33 bits per heavy atom. The molecule has 1 atom stereocenters. The molecule has 0 radical (unpaired) electrons. The molecule has 1 rings (SSSR count). The first-order chi connectivity index (χ1) is 8.25. The minimum absolute atomic E-state index is 0.0575. The van der Waals surface area contributed by atoms with E-state index in [1.807, 2.05) is 13.0 Å². The first kappa shape index (κ1) is 14.9. The Bertz CT molecular complexity index is 397. The largest absolute Gasteiger partial charge is 0.384 e. The Hall–Kier alpha value is -1.16. The van der Waals surface area contributed by atoms with Crippen LogP contribution in [0.25, 0.3) is 0 Å². The summed E-state index contributed by atoms with van der Waals surface area (Å²) < 4.78 is 5.80. The Kier molecular flexibility index (Phi) is 4.68. The van der Waals surface area contributed by atoms with Crippen molar-refractivity contribution in [1.82, 2.24) is 9.97 Å². The second-order valence-electron chi connectivity index (χ2n) is 5.93. The van der Waals surface area contributed by atoms with Gasteiger partial charge in [0.05, 0.1) is 0 Å². The van der Waals surface area contributed by atoms with Gasteiger partial charge in [-0.3, -0.25) is 0 Å². The van der Waals surface area contributed by atoms with Crippen molar-refractivity contribution in [2.45, 2.75) is 53.6 Å². The van der Waals surface area contributed by atoms with Crippen molar-refractivity contribution >= 4 is 5.82 Å². The number of hydrogen-bond donors (Lipinski definition) is 1. The van der Waals surface area contributed by atoms with E-state index in [0.29, 0.717) is 24.2 Å². The van der Waals surface area contributed by atoms with Gasteiger partial charge in [-0.15, -0.1) is 0 Å². The fourth-order valence-electron chi connectivity index (χ4n) is 1.80. The van der Waals surface area contributed by atoms with Gasteiger partial charge in [0, 0.05) is 18.4 Å². The van der Waals surface area contributed by atoms with E-state index in [1.54, 1.807) is 0 Å². The number of anilines is 1. The molecule has 18 heavy (non-hydrogen) atoms. The highest BCUT2D eigenvalue weighted by Gasteiger charge is 2.30. The summed E-state index contributed by atoms with van der Waals surface area (Å²) >= 11 is 0. The van der Waals surface area contributed by atoms with Crippen molar-refractivity contribution in [3.05, 3.63) is 17.6 Å². The van der Waals surface area contributed by atoms with Crippen LogP contribution in [0.4, 0.5) is 5.82 Å². The average Bonchev–Trinajstić information content (AvgIpc) is 2.23. The average molecular weight is 251 g/mol. The van der Waals surface area contributed by atoms with Gasteiger partial charge < -0.3 is 10.5 Å². The molecule has 1 heterocycles. The molecule has 0 fully saturated rings. The molecule has 0 saturated carbocycles. The van der Waals surface area contributed by atoms with Crippen LogP contribution in [0.15, 0.2) is 6.07 Å². The first-order valence-corrected chi connectivity index (χ1v) is 6.51. The monoisotopic (exact) mass is 251 g/mol. The van der Waals surface area contributed by atoms with E-state index in [1.165, 1.54) is 0 Å². The highest BCUT2D eigenvalue weighted by molar-refractivity contribution is 5.31. The topological polar surface area (TPSA) is 61.0 Å². The third-order valence-corrected chi connectivity index (χ3v) is 2.73.